The lowest BCUT2D eigenvalue weighted by Gasteiger charge is -2.24. The van der Waals surface area contributed by atoms with E-state index in [0.29, 0.717) is 17.6 Å². The molecule has 0 radical (unpaired) electrons. The van der Waals surface area contributed by atoms with E-state index in [2.05, 4.69) is 6.58 Å². The second kappa shape index (κ2) is 7.50. The second-order valence-electron chi connectivity index (χ2n) is 4.16. The highest BCUT2D eigenvalue weighted by Gasteiger charge is 2.30. The smallest absolute Gasteiger partial charge is 0.303 e. The predicted molar refractivity (Wildman–Crippen MR) is 69.1 cm³/mol. The number of rotatable bonds is 8. The van der Waals surface area contributed by atoms with Gasteiger partial charge in [0.25, 0.3) is 0 Å². The Morgan fingerprint density at radius 3 is 2.00 bits per heavy atom. The standard InChI is InChI=1S/C11H22ClO3P/c1-9(2)14-16(13,15-10(3)4)11(5)7-6-8-12/h9-10H,5-8H2,1-4H3. The molecular formula is C11H22ClO3P. The fraction of sp³-hybridized carbons (Fsp3) is 0.818. The Morgan fingerprint density at radius 1 is 1.25 bits per heavy atom. The van der Waals surface area contributed by atoms with Gasteiger partial charge in [-0.15, -0.1) is 11.6 Å². The van der Waals surface area contributed by atoms with Crippen LogP contribution < -0.4 is 0 Å². The molecule has 0 amide bonds. The normalized spacial score (nSPS) is 12.4. The van der Waals surface area contributed by atoms with Gasteiger partial charge in [-0.05, 0) is 40.5 Å². The summed E-state index contributed by atoms with van der Waals surface area (Å²) in [5.74, 6) is 0.516. The molecule has 0 saturated carbocycles. The molecule has 3 nitrogen and oxygen atoms in total. The third kappa shape index (κ3) is 6.05. The quantitative estimate of drug-likeness (QED) is 0.478. The van der Waals surface area contributed by atoms with Crippen molar-refractivity contribution in [2.24, 2.45) is 0 Å². The molecule has 0 aromatic heterocycles. The lowest BCUT2D eigenvalue weighted by molar-refractivity contribution is 0.147. The van der Waals surface area contributed by atoms with Gasteiger partial charge in [0.2, 0.25) is 0 Å². The van der Waals surface area contributed by atoms with Crippen LogP contribution in [0.15, 0.2) is 11.9 Å². The van der Waals surface area contributed by atoms with Gasteiger partial charge < -0.3 is 9.05 Å². The fourth-order valence-corrected chi connectivity index (χ4v) is 3.16. The SMILES string of the molecule is C=C(CCCCl)P(=O)(OC(C)C)OC(C)C. The van der Waals surface area contributed by atoms with Crippen LogP contribution in [0.2, 0.25) is 0 Å². The molecule has 16 heavy (non-hydrogen) atoms. The van der Waals surface area contributed by atoms with Gasteiger partial charge in [0.05, 0.1) is 12.2 Å². The van der Waals surface area contributed by atoms with Crippen LogP contribution in [-0.2, 0) is 13.6 Å². The highest BCUT2D eigenvalue weighted by molar-refractivity contribution is 7.58. The van der Waals surface area contributed by atoms with Gasteiger partial charge in [-0.3, -0.25) is 4.57 Å². The molecule has 0 aliphatic carbocycles. The first-order valence-electron chi connectivity index (χ1n) is 5.53. The van der Waals surface area contributed by atoms with E-state index in [-0.39, 0.29) is 12.2 Å². The lowest BCUT2D eigenvalue weighted by Crippen LogP contribution is -2.09. The molecule has 0 rings (SSSR count). The first kappa shape index (κ1) is 16.2. The van der Waals surface area contributed by atoms with E-state index < -0.39 is 7.60 Å². The molecule has 0 unspecified atom stereocenters. The van der Waals surface area contributed by atoms with E-state index in [0.717, 1.165) is 6.42 Å². The lowest BCUT2D eigenvalue weighted by atomic mass is 10.3. The molecule has 0 aromatic carbocycles. The van der Waals surface area contributed by atoms with E-state index in [1.165, 1.54) is 0 Å². The largest absolute Gasteiger partial charge is 0.357 e. The van der Waals surface area contributed by atoms with Gasteiger partial charge in [0.1, 0.15) is 0 Å². The van der Waals surface area contributed by atoms with Crippen molar-refractivity contribution in [2.45, 2.75) is 52.7 Å². The van der Waals surface area contributed by atoms with Crippen molar-refractivity contribution in [3.05, 3.63) is 11.9 Å². The van der Waals surface area contributed by atoms with Crippen LogP contribution in [0.4, 0.5) is 0 Å². The van der Waals surface area contributed by atoms with Crippen LogP contribution in [0.25, 0.3) is 0 Å². The zero-order valence-corrected chi connectivity index (χ0v) is 12.2. The molecule has 0 spiro atoms. The number of halogens is 1. The molecule has 5 heteroatoms. The minimum Gasteiger partial charge on any atom is -0.303 e. The number of hydrogen-bond donors (Lipinski definition) is 0. The summed E-state index contributed by atoms with van der Waals surface area (Å²) >= 11 is 5.59. The molecule has 0 bridgehead atoms. The topological polar surface area (TPSA) is 35.5 Å². The van der Waals surface area contributed by atoms with E-state index in [1.54, 1.807) is 0 Å². The van der Waals surface area contributed by atoms with Crippen molar-refractivity contribution in [3.63, 3.8) is 0 Å². The summed E-state index contributed by atoms with van der Waals surface area (Å²) in [5.41, 5.74) is 0. The molecule has 96 valence electrons. The molecular weight excluding hydrogens is 247 g/mol. The Morgan fingerprint density at radius 2 is 1.69 bits per heavy atom. The van der Waals surface area contributed by atoms with Crippen molar-refractivity contribution >= 4 is 19.2 Å². The predicted octanol–water partition coefficient (Wildman–Crippen LogP) is 4.56. The van der Waals surface area contributed by atoms with E-state index in [4.69, 9.17) is 20.6 Å². The second-order valence-corrected chi connectivity index (χ2v) is 6.59. The molecule has 0 saturated heterocycles. The molecule has 0 fully saturated rings. The van der Waals surface area contributed by atoms with Crippen molar-refractivity contribution < 1.29 is 13.6 Å². The Balaban J connectivity index is 4.64. The highest BCUT2D eigenvalue weighted by Crippen LogP contribution is 2.58. The summed E-state index contributed by atoms with van der Waals surface area (Å²) in [7, 11) is -3.21. The van der Waals surface area contributed by atoms with Crippen molar-refractivity contribution in [3.8, 4) is 0 Å². The van der Waals surface area contributed by atoms with Gasteiger partial charge in [-0.2, -0.15) is 0 Å². The summed E-state index contributed by atoms with van der Waals surface area (Å²) in [6.07, 6.45) is 0.989. The minimum atomic E-state index is -3.21. The van der Waals surface area contributed by atoms with Crippen LogP contribution in [0, 0.1) is 0 Å². The molecule has 0 aliphatic heterocycles. The maximum absolute atomic E-state index is 12.5. The molecule has 0 N–H and O–H groups in total. The van der Waals surface area contributed by atoms with E-state index in [9.17, 15) is 4.57 Å². The first-order chi connectivity index (χ1) is 7.31. The van der Waals surface area contributed by atoms with Crippen LogP contribution in [0.3, 0.4) is 0 Å². The van der Waals surface area contributed by atoms with Gasteiger partial charge in [-0.25, -0.2) is 0 Å². The van der Waals surface area contributed by atoms with Gasteiger partial charge >= 0.3 is 7.60 Å². The zero-order chi connectivity index (χ0) is 12.8. The number of allylic oxidation sites excluding steroid dienone is 1. The van der Waals surface area contributed by atoms with Gasteiger partial charge in [0, 0.05) is 11.2 Å². The van der Waals surface area contributed by atoms with E-state index in [1.807, 2.05) is 27.7 Å². The maximum atomic E-state index is 12.5. The van der Waals surface area contributed by atoms with Gasteiger partial charge in [-0.1, -0.05) is 6.58 Å². The average Bonchev–Trinajstić information content (AvgIpc) is 2.11. The van der Waals surface area contributed by atoms with Crippen molar-refractivity contribution in [1.82, 2.24) is 0 Å². The number of hydrogen-bond acceptors (Lipinski definition) is 3. The Bertz CT molecular complexity index is 250. The summed E-state index contributed by atoms with van der Waals surface area (Å²) in [6.45, 7) is 11.1. The minimum absolute atomic E-state index is 0.155. The monoisotopic (exact) mass is 268 g/mol. The van der Waals surface area contributed by atoms with Crippen LogP contribution in [-0.4, -0.2) is 18.1 Å². The summed E-state index contributed by atoms with van der Waals surface area (Å²) in [6, 6.07) is 0. The summed E-state index contributed by atoms with van der Waals surface area (Å²) in [5, 5.41) is 0.510. The Labute approximate surface area is 104 Å². The third-order valence-corrected chi connectivity index (χ3v) is 4.35. The summed E-state index contributed by atoms with van der Waals surface area (Å²) in [4.78, 5) is 0. The molecule has 0 aliphatic rings. The average molecular weight is 269 g/mol. The third-order valence-electron chi connectivity index (χ3n) is 1.69. The van der Waals surface area contributed by atoms with Crippen LogP contribution in [0.1, 0.15) is 40.5 Å². The molecule has 0 heterocycles. The Kier molecular flexibility index (Phi) is 7.58. The van der Waals surface area contributed by atoms with Crippen molar-refractivity contribution in [2.75, 3.05) is 5.88 Å². The Hall–Kier alpha value is 0.180. The fourth-order valence-electron chi connectivity index (χ4n) is 1.14. The first-order valence-corrected chi connectivity index (χ1v) is 7.60. The molecule has 0 atom stereocenters. The number of alkyl halides is 1. The van der Waals surface area contributed by atoms with Crippen LogP contribution in [0.5, 0.6) is 0 Å². The van der Waals surface area contributed by atoms with Crippen LogP contribution >= 0.6 is 19.2 Å². The molecule has 0 aromatic rings. The highest BCUT2D eigenvalue weighted by atomic mass is 35.5. The maximum Gasteiger partial charge on any atom is 0.357 e. The van der Waals surface area contributed by atoms with E-state index >= 15 is 0 Å². The summed E-state index contributed by atoms with van der Waals surface area (Å²) < 4.78 is 23.2. The van der Waals surface area contributed by atoms with Crippen molar-refractivity contribution in [1.29, 1.82) is 0 Å². The zero-order valence-electron chi connectivity index (χ0n) is 10.5. The van der Waals surface area contributed by atoms with Gasteiger partial charge in [0.15, 0.2) is 0 Å².